The van der Waals surface area contributed by atoms with E-state index in [1.165, 1.54) is 5.56 Å². The van der Waals surface area contributed by atoms with Gasteiger partial charge in [0, 0.05) is 12.4 Å². The number of nitrogens with zero attached hydrogens (tertiary/aromatic N) is 1. The summed E-state index contributed by atoms with van der Waals surface area (Å²) < 4.78 is 0. The molecular formula is C11H17NO. The Balaban J connectivity index is 2.27. The van der Waals surface area contributed by atoms with Gasteiger partial charge in [-0.1, -0.05) is 13.3 Å². The van der Waals surface area contributed by atoms with Crippen LogP contribution in [0.25, 0.3) is 0 Å². The van der Waals surface area contributed by atoms with Gasteiger partial charge in [0.25, 0.3) is 0 Å². The zero-order valence-corrected chi connectivity index (χ0v) is 8.11. The second-order valence-corrected chi connectivity index (χ2v) is 3.34. The lowest BCUT2D eigenvalue weighted by molar-refractivity contribution is 0.154. The number of aliphatic hydroxyl groups is 1. The van der Waals surface area contributed by atoms with Crippen molar-refractivity contribution in [1.82, 2.24) is 4.98 Å². The van der Waals surface area contributed by atoms with Gasteiger partial charge in [0.2, 0.25) is 0 Å². The Labute approximate surface area is 79.6 Å². The van der Waals surface area contributed by atoms with Crippen LogP contribution in [0.4, 0.5) is 0 Å². The maximum Gasteiger partial charge on any atom is 0.0543 e. The van der Waals surface area contributed by atoms with Gasteiger partial charge in [-0.15, -0.1) is 0 Å². The first-order chi connectivity index (χ1) is 6.33. The predicted octanol–water partition coefficient (Wildman–Crippen LogP) is 2.18. The van der Waals surface area contributed by atoms with Gasteiger partial charge in [-0.05, 0) is 37.0 Å². The minimum atomic E-state index is -0.141. The van der Waals surface area contributed by atoms with Crippen molar-refractivity contribution in [2.24, 2.45) is 0 Å². The number of rotatable bonds is 5. The van der Waals surface area contributed by atoms with E-state index in [4.69, 9.17) is 0 Å². The first-order valence-electron chi connectivity index (χ1n) is 4.90. The molecule has 0 aliphatic rings. The van der Waals surface area contributed by atoms with Crippen molar-refractivity contribution in [3.05, 3.63) is 30.1 Å². The van der Waals surface area contributed by atoms with Gasteiger partial charge in [-0.25, -0.2) is 0 Å². The summed E-state index contributed by atoms with van der Waals surface area (Å²) in [6, 6.07) is 4.00. The third-order valence-corrected chi connectivity index (χ3v) is 2.14. The van der Waals surface area contributed by atoms with Crippen molar-refractivity contribution >= 4 is 0 Å². The summed E-state index contributed by atoms with van der Waals surface area (Å²) in [6.07, 6.45) is 7.21. The Morgan fingerprint density at radius 1 is 1.31 bits per heavy atom. The monoisotopic (exact) mass is 179 g/mol. The van der Waals surface area contributed by atoms with Gasteiger partial charge in [0.05, 0.1) is 6.10 Å². The fourth-order valence-corrected chi connectivity index (χ4v) is 1.36. The average molecular weight is 179 g/mol. The largest absolute Gasteiger partial charge is 0.393 e. The Bertz CT molecular complexity index is 223. The lowest BCUT2D eigenvalue weighted by Crippen LogP contribution is -2.06. The van der Waals surface area contributed by atoms with Crippen molar-refractivity contribution < 1.29 is 5.11 Å². The molecule has 0 bridgehead atoms. The number of hydrogen-bond donors (Lipinski definition) is 1. The fourth-order valence-electron chi connectivity index (χ4n) is 1.36. The second-order valence-electron chi connectivity index (χ2n) is 3.34. The molecule has 0 fully saturated rings. The lowest BCUT2D eigenvalue weighted by atomic mass is 10.1. The van der Waals surface area contributed by atoms with Gasteiger partial charge >= 0.3 is 0 Å². The molecular weight excluding hydrogens is 162 g/mol. The van der Waals surface area contributed by atoms with Crippen LogP contribution in [0.1, 0.15) is 31.7 Å². The van der Waals surface area contributed by atoms with E-state index >= 15 is 0 Å². The first-order valence-corrected chi connectivity index (χ1v) is 4.90. The van der Waals surface area contributed by atoms with Crippen LogP contribution < -0.4 is 0 Å². The summed E-state index contributed by atoms with van der Waals surface area (Å²) in [7, 11) is 0. The average Bonchev–Trinajstić information content (AvgIpc) is 2.17. The van der Waals surface area contributed by atoms with Crippen LogP contribution in [0.2, 0.25) is 0 Å². The van der Waals surface area contributed by atoms with E-state index in [2.05, 4.69) is 11.9 Å². The molecule has 1 N–H and O–H groups in total. The van der Waals surface area contributed by atoms with E-state index in [9.17, 15) is 5.11 Å². The summed E-state index contributed by atoms with van der Waals surface area (Å²) in [6.45, 7) is 2.09. The minimum absolute atomic E-state index is 0.141. The fraction of sp³-hybridized carbons (Fsp3) is 0.545. The Morgan fingerprint density at radius 3 is 2.62 bits per heavy atom. The molecule has 0 saturated heterocycles. The van der Waals surface area contributed by atoms with E-state index in [1.54, 1.807) is 12.4 Å². The highest BCUT2D eigenvalue weighted by Gasteiger charge is 2.02. The van der Waals surface area contributed by atoms with Gasteiger partial charge in [0.15, 0.2) is 0 Å². The van der Waals surface area contributed by atoms with Crippen LogP contribution >= 0.6 is 0 Å². The van der Waals surface area contributed by atoms with Crippen LogP contribution in [0.3, 0.4) is 0 Å². The Kier molecular flexibility index (Phi) is 4.47. The van der Waals surface area contributed by atoms with Crippen molar-refractivity contribution in [2.75, 3.05) is 0 Å². The smallest absolute Gasteiger partial charge is 0.0543 e. The molecule has 0 aromatic carbocycles. The van der Waals surface area contributed by atoms with Crippen LogP contribution in [0, 0.1) is 0 Å². The SMILES string of the molecule is CCCC(O)CCc1ccncc1. The molecule has 0 spiro atoms. The van der Waals surface area contributed by atoms with Crippen molar-refractivity contribution in [2.45, 2.75) is 38.7 Å². The molecule has 1 atom stereocenters. The van der Waals surface area contributed by atoms with E-state index in [0.717, 1.165) is 25.7 Å². The molecule has 72 valence electrons. The number of aryl methyl sites for hydroxylation is 1. The molecule has 1 rings (SSSR count). The topological polar surface area (TPSA) is 33.1 Å². The minimum Gasteiger partial charge on any atom is -0.393 e. The molecule has 0 amide bonds. The van der Waals surface area contributed by atoms with E-state index in [0.29, 0.717) is 0 Å². The van der Waals surface area contributed by atoms with Gasteiger partial charge in [-0.2, -0.15) is 0 Å². The summed E-state index contributed by atoms with van der Waals surface area (Å²) >= 11 is 0. The van der Waals surface area contributed by atoms with E-state index in [-0.39, 0.29) is 6.10 Å². The third kappa shape index (κ3) is 4.04. The maximum absolute atomic E-state index is 9.49. The normalized spacial score (nSPS) is 12.8. The lowest BCUT2D eigenvalue weighted by Gasteiger charge is -2.08. The molecule has 2 heteroatoms. The zero-order chi connectivity index (χ0) is 9.52. The molecule has 1 heterocycles. The molecule has 0 aliphatic carbocycles. The first kappa shape index (κ1) is 10.2. The zero-order valence-electron chi connectivity index (χ0n) is 8.11. The summed E-state index contributed by atoms with van der Waals surface area (Å²) in [5.41, 5.74) is 1.25. The molecule has 13 heavy (non-hydrogen) atoms. The highest BCUT2D eigenvalue weighted by atomic mass is 16.3. The number of pyridine rings is 1. The van der Waals surface area contributed by atoms with Crippen molar-refractivity contribution in [1.29, 1.82) is 0 Å². The molecule has 2 nitrogen and oxygen atoms in total. The third-order valence-electron chi connectivity index (χ3n) is 2.14. The maximum atomic E-state index is 9.49. The standard InChI is InChI=1S/C11H17NO/c1-2-3-11(13)5-4-10-6-8-12-9-7-10/h6-9,11,13H,2-5H2,1H3. The molecule has 1 unspecified atom stereocenters. The summed E-state index contributed by atoms with van der Waals surface area (Å²) in [5.74, 6) is 0. The second kappa shape index (κ2) is 5.70. The number of aliphatic hydroxyl groups excluding tert-OH is 1. The van der Waals surface area contributed by atoms with Crippen LogP contribution in [0.5, 0.6) is 0 Å². The van der Waals surface area contributed by atoms with Crippen LogP contribution in [0.15, 0.2) is 24.5 Å². The number of aromatic nitrogens is 1. The van der Waals surface area contributed by atoms with Gasteiger partial charge < -0.3 is 5.11 Å². The molecule has 1 aromatic heterocycles. The number of hydrogen-bond acceptors (Lipinski definition) is 2. The van der Waals surface area contributed by atoms with Crippen LogP contribution in [-0.4, -0.2) is 16.2 Å². The van der Waals surface area contributed by atoms with Gasteiger partial charge in [0.1, 0.15) is 0 Å². The summed E-state index contributed by atoms with van der Waals surface area (Å²) in [5, 5.41) is 9.49. The predicted molar refractivity (Wildman–Crippen MR) is 53.5 cm³/mol. The molecule has 0 saturated carbocycles. The summed E-state index contributed by atoms with van der Waals surface area (Å²) in [4.78, 5) is 3.95. The highest BCUT2D eigenvalue weighted by molar-refractivity contribution is 5.09. The molecule has 1 aromatic rings. The van der Waals surface area contributed by atoms with Crippen LogP contribution in [-0.2, 0) is 6.42 Å². The van der Waals surface area contributed by atoms with Crippen molar-refractivity contribution in [3.8, 4) is 0 Å². The molecule has 0 aliphatic heterocycles. The van der Waals surface area contributed by atoms with Gasteiger partial charge in [-0.3, -0.25) is 4.98 Å². The highest BCUT2D eigenvalue weighted by Crippen LogP contribution is 2.07. The van der Waals surface area contributed by atoms with E-state index in [1.807, 2.05) is 12.1 Å². The Hall–Kier alpha value is -0.890. The molecule has 0 radical (unpaired) electrons. The van der Waals surface area contributed by atoms with E-state index < -0.39 is 0 Å². The Morgan fingerprint density at radius 2 is 2.00 bits per heavy atom. The van der Waals surface area contributed by atoms with Crippen molar-refractivity contribution in [3.63, 3.8) is 0 Å². The quantitative estimate of drug-likeness (QED) is 0.751.